The Morgan fingerprint density at radius 1 is 1.07 bits per heavy atom. The zero-order chi connectivity index (χ0) is 10.9. The molecule has 0 aliphatic carbocycles. The molecule has 0 aromatic heterocycles. The number of benzene rings is 1. The first-order valence-electron chi connectivity index (χ1n) is 3.47. The lowest BCUT2D eigenvalue weighted by Gasteiger charge is -2.11. The number of hydrogen-bond donors (Lipinski definition) is 0. The van der Waals surface area contributed by atoms with Crippen LogP contribution in [0.3, 0.4) is 0 Å². The van der Waals surface area contributed by atoms with E-state index in [9.17, 15) is 13.2 Å². The lowest BCUT2D eigenvalue weighted by atomic mass is 10.1. The summed E-state index contributed by atoms with van der Waals surface area (Å²) in [4.78, 5) is 0. The zero-order valence-corrected chi connectivity index (χ0v) is 11.4. The molecule has 0 aliphatic heterocycles. The highest BCUT2D eigenvalue weighted by atomic mass is 79.9. The van der Waals surface area contributed by atoms with Gasteiger partial charge in [-0.2, -0.15) is 13.2 Å². The standard InChI is InChI=1S/C8H4Br3F3/c9-3-4-1-7(11)5(2-6(4)10)8(12,13)14/h1-2H,3H2. The molecule has 6 heteroatoms. The van der Waals surface area contributed by atoms with Crippen molar-refractivity contribution in [1.82, 2.24) is 0 Å². The van der Waals surface area contributed by atoms with Crippen LogP contribution in [-0.2, 0) is 11.5 Å². The van der Waals surface area contributed by atoms with Crippen LogP contribution in [0.15, 0.2) is 21.1 Å². The molecule has 0 radical (unpaired) electrons. The van der Waals surface area contributed by atoms with Crippen LogP contribution in [0.2, 0.25) is 0 Å². The molecule has 14 heavy (non-hydrogen) atoms. The number of hydrogen-bond acceptors (Lipinski definition) is 0. The summed E-state index contributed by atoms with van der Waals surface area (Å²) >= 11 is 9.16. The van der Waals surface area contributed by atoms with Gasteiger partial charge in [-0.1, -0.05) is 47.8 Å². The van der Waals surface area contributed by atoms with Gasteiger partial charge in [0.25, 0.3) is 0 Å². The Morgan fingerprint density at radius 3 is 2.07 bits per heavy atom. The molecule has 0 fully saturated rings. The van der Waals surface area contributed by atoms with E-state index in [1.165, 1.54) is 6.07 Å². The molecule has 0 aliphatic rings. The van der Waals surface area contributed by atoms with Crippen LogP contribution in [0.4, 0.5) is 13.2 Å². The number of rotatable bonds is 1. The zero-order valence-electron chi connectivity index (χ0n) is 6.63. The molecular formula is C8H4Br3F3. The minimum atomic E-state index is -4.33. The quantitative estimate of drug-likeness (QED) is 0.578. The van der Waals surface area contributed by atoms with E-state index in [-0.39, 0.29) is 4.47 Å². The minimum Gasteiger partial charge on any atom is -0.166 e. The molecule has 0 N–H and O–H groups in total. The van der Waals surface area contributed by atoms with Crippen molar-refractivity contribution in [2.75, 3.05) is 0 Å². The third-order valence-corrected chi connectivity index (χ3v) is 3.58. The molecule has 1 aromatic rings. The van der Waals surface area contributed by atoms with Gasteiger partial charge in [0.1, 0.15) is 0 Å². The van der Waals surface area contributed by atoms with E-state index in [0.717, 1.165) is 11.6 Å². The first kappa shape index (κ1) is 12.5. The highest BCUT2D eigenvalue weighted by molar-refractivity contribution is 9.11. The third kappa shape index (κ3) is 2.73. The van der Waals surface area contributed by atoms with Crippen LogP contribution >= 0.6 is 47.8 Å². The molecule has 0 amide bonds. The number of alkyl halides is 4. The van der Waals surface area contributed by atoms with Crippen molar-refractivity contribution >= 4 is 47.8 Å². The van der Waals surface area contributed by atoms with Gasteiger partial charge in [-0.05, 0) is 17.7 Å². The Kier molecular flexibility index (Phi) is 4.05. The van der Waals surface area contributed by atoms with Gasteiger partial charge in [0.15, 0.2) is 0 Å². The van der Waals surface area contributed by atoms with Gasteiger partial charge in [0.2, 0.25) is 0 Å². The second-order valence-electron chi connectivity index (χ2n) is 2.55. The van der Waals surface area contributed by atoms with Gasteiger partial charge < -0.3 is 0 Å². The smallest absolute Gasteiger partial charge is 0.166 e. The lowest BCUT2D eigenvalue weighted by Crippen LogP contribution is -2.06. The Balaban J connectivity index is 3.29. The van der Waals surface area contributed by atoms with Crippen LogP contribution in [0.25, 0.3) is 0 Å². The third-order valence-electron chi connectivity index (χ3n) is 1.59. The summed E-state index contributed by atoms with van der Waals surface area (Å²) in [5, 5.41) is 0.504. The predicted molar refractivity (Wildman–Crippen MR) is 59.5 cm³/mol. The van der Waals surface area contributed by atoms with Gasteiger partial charge in [-0.15, -0.1) is 0 Å². The SMILES string of the molecule is FC(F)(F)c1cc(Br)c(CBr)cc1Br. The van der Waals surface area contributed by atoms with Gasteiger partial charge >= 0.3 is 6.18 Å². The van der Waals surface area contributed by atoms with Gasteiger partial charge in [0, 0.05) is 14.3 Å². The molecule has 78 valence electrons. The fourth-order valence-corrected chi connectivity index (χ4v) is 2.85. The van der Waals surface area contributed by atoms with E-state index in [4.69, 9.17) is 0 Å². The summed E-state index contributed by atoms with van der Waals surface area (Å²) in [5.41, 5.74) is 0.0962. The highest BCUT2D eigenvalue weighted by Crippen LogP contribution is 2.38. The molecule has 1 rings (SSSR count). The Labute approximate surface area is 104 Å². The molecule has 0 atom stereocenters. The van der Waals surface area contributed by atoms with Crippen LogP contribution in [0, 0.1) is 0 Å². The van der Waals surface area contributed by atoms with Gasteiger partial charge in [-0.25, -0.2) is 0 Å². The molecule has 0 nitrogen and oxygen atoms in total. The van der Waals surface area contributed by atoms with Crippen molar-refractivity contribution in [1.29, 1.82) is 0 Å². The molecule has 1 aromatic carbocycles. The van der Waals surface area contributed by atoms with E-state index in [2.05, 4.69) is 47.8 Å². The molecule has 0 spiro atoms. The molecule has 0 saturated heterocycles. The van der Waals surface area contributed by atoms with Crippen LogP contribution in [0.5, 0.6) is 0 Å². The molecular weight excluding hydrogens is 393 g/mol. The van der Waals surface area contributed by atoms with Crippen molar-refractivity contribution in [3.63, 3.8) is 0 Å². The molecule has 0 saturated carbocycles. The summed E-state index contributed by atoms with van der Waals surface area (Å²) in [7, 11) is 0. The average Bonchev–Trinajstić information content (AvgIpc) is 2.06. The topological polar surface area (TPSA) is 0 Å². The average molecular weight is 397 g/mol. The summed E-state index contributed by atoms with van der Waals surface area (Å²) in [6.07, 6.45) is -4.33. The van der Waals surface area contributed by atoms with Crippen molar-refractivity contribution in [2.45, 2.75) is 11.5 Å². The number of halogens is 6. The molecule has 0 bridgehead atoms. The van der Waals surface area contributed by atoms with Crippen LogP contribution < -0.4 is 0 Å². The van der Waals surface area contributed by atoms with E-state index in [0.29, 0.717) is 9.80 Å². The summed E-state index contributed by atoms with van der Waals surface area (Å²) in [6, 6.07) is 2.52. The van der Waals surface area contributed by atoms with E-state index in [1.54, 1.807) is 0 Å². The largest absolute Gasteiger partial charge is 0.417 e. The van der Waals surface area contributed by atoms with Gasteiger partial charge in [-0.3, -0.25) is 0 Å². The maximum absolute atomic E-state index is 12.4. The van der Waals surface area contributed by atoms with E-state index in [1.807, 2.05) is 0 Å². The van der Waals surface area contributed by atoms with Gasteiger partial charge in [0.05, 0.1) is 5.56 Å². The van der Waals surface area contributed by atoms with E-state index >= 15 is 0 Å². The highest BCUT2D eigenvalue weighted by Gasteiger charge is 2.33. The van der Waals surface area contributed by atoms with Crippen LogP contribution in [0.1, 0.15) is 11.1 Å². The maximum atomic E-state index is 12.4. The van der Waals surface area contributed by atoms with Crippen molar-refractivity contribution < 1.29 is 13.2 Å². The van der Waals surface area contributed by atoms with Crippen LogP contribution in [-0.4, -0.2) is 0 Å². The normalized spacial score (nSPS) is 11.9. The van der Waals surface area contributed by atoms with Crippen molar-refractivity contribution in [3.05, 3.63) is 32.2 Å². The first-order valence-corrected chi connectivity index (χ1v) is 6.18. The summed E-state index contributed by atoms with van der Waals surface area (Å²) in [6.45, 7) is 0. The molecule has 0 heterocycles. The van der Waals surface area contributed by atoms with Crippen molar-refractivity contribution in [3.8, 4) is 0 Å². The predicted octanol–water partition coefficient (Wildman–Crippen LogP) is 5.13. The summed E-state index contributed by atoms with van der Waals surface area (Å²) in [5.74, 6) is 0. The monoisotopic (exact) mass is 394 g/mol. The Bertz CT molecular complexity index is 346. The fourth-order valence-electron chi connectivity index (χ4n) is 0.908. The van der Waals surface area contributed by atoms with Crippen molar-refractivity contribution in [2.24, 2.45) is 0 Å². The minimum absolute atomic E-state index is 0.0580. The maximum Gasteiger partial charge on any atom is 0.417 e. The molecule has 0 unspecified atom stereocenters. The Morgan fingerprint density at radius 2 is 1.64 bits per heavy atom. The summed E-state index contributed by atoms with van der Waals surface area (Å²) < 4.78 is 37.7. The second-order valence-corrected chi connectivity index (χ2v) is 4.82. The van der Waals surface area contributed by atoms with E-state index < -0.39 is 11.7 Å². The first-order chi connectivity index (χ1) is 6.36. The Hall–Kier alpha value is 0.450. The second kappa shape index (κ2) is 4.53. The fraction of sp³-hybridized carbons (Fsp3) is 0.250. The lowest BCUT2D eigenvalue weighted by molar-refractivity contribution is -0.138.